The van der Waals surface area contributed by atoms with Crippen molar-refractivity contribution in [3.8, 4) is 17.2 Å². The summed E-state index contributed by atoms with van der Waals surface area (Å²) in [5.74, 6) is -0.782. The Bertz CT molecular complexity index is 847. The number of carbonyl (C=O) groups is 3. The van der Waals surface area contributed by atoms with E-state index in [0.29, 0.717) is 34.6 Å². The fourth-order valence-corrected chi connectivity index (χ4v) is 3.45. The molecule has 0 bridgehead atoms. The van der Waals surface area contributed by atoms with Crippen molar-refractivity contribution in [3.05, 3.63) is 22.6 Å². The van der Waals surface area contributed by atoms with E-state index in [-0.39, 0.29) is 18.0 Å². The molecule has 1 aliphatic rings. The number of amides is 3. The molecule has 3 amide bonds. The highest BCUT2D eigenvalue weighted by molar-refractivity contribution is 8.18. The van der Waals surface area contributed by atoms with Gasteiger partial charge in [0.05, 0.1) is 26.2 Å². The zero-order chi connectivity index (χ0) is 22.5. The first-order chi connectivity index (χ1) is 14.1. The summed E-state index contributed by atoms with van der Waals surface area (Å²) in [5.41, 5.74) is 0.508. The van der Waals surface area contributed by atoms with E-state index in [0.717, 1.165) is 4.90 Å². The zero-order valence-corrected chi connectivity index (χ0v) is 17.1. The predicted octanol–water partition coefficient (Wildman–Crippen LogP) is 2.82. The summed E-state index contributed by atoms with van der Waals surface area (Å²) in [6, 6.07) is 3.18. The third-order valence-electron chi connectivity index (χ3n) is 3.88. The van der Waals surface area contributed by atoms with Crippen molar-refractivity contribution in [1.82, 2.24) is 10.2 Å². The number of hydrogen-bond acceptors (Lipinski definition) is 7. The summed E-state index contributed by atoms with van der Waals surface area (Å²) < 4.78 is 52.2. The Hall–Kier alpha value is -2.89. The lowest BCUT2D eigenvalue weighted by Gasteiger charge is -2.14. The predicted molar refractivity (Wildman–Crippen MR) is 102 cm³/mol. The second-order valence-electron chi connectivity index (χ2n) is 5.93. The van der Waals surface area contributed by atoms with Gasteiger partial charge in [-0.3, -0.25) is 19.3 Å². The van der Waals surface area contributed by atoms with E-state index < -0.39 is 29.7 Å². The van der Waals surface area contributed by atoms with Crippen molar-refractivity contribution < 1.29 is 41.8 Å². The molecule has 1 saturated heterocycles. The Balaban J connectivity index is 2.10. The first kappa shape index (κ1) is 23.4. The molecule has 2 rings (SSSR count). The monoisotopic (exact) mass is 448 g/mol. The fraction of sp³-hybridized carbons (Fsp3) is 0.389. The molecule has 1 fully saturated rings. The van der Waals surface area contributed by atoms with Crippen molar-refractivity contribution in [3.63, 3.8) is 0 Å². The van der Waals surface area contributed by atoms with Crippen LogP contribution in [-0.2, 0) is 9.59 Å². The highest BCUT2D eigenvalue weighted by atomic mass is 32.2. The Kier molecular flexibility index (Phi) is 7.59. The molecule has 1 heterocycles. The second kappa shape index (κ2) is 9.74. The average molecular weight is 448 g/mol. The van der Waals surface area contributed by atoms with Crippen LogP contribution in [0.1, 0.15) is 12.0 Å². The van der Waals surface area contributed by atoms with Crippen molar-refractivity contribution in [1.29, 1.82) is 0 Å². The van der Waals surface area contributed by atoms with Crippen LogP contribution < -0.4 is 19.5 Å². The minimum Gasteiger partial charge on any atom is -0.493 e. The molecule has 0 aromatic heterocycles. The van der Waals surface area contributed by atoms with Gasteiger partial charge in [-0.05, 0) is 35.5 Å². The van der Waals surface area contributed by atoms with Gasteiger partial charge < -0.3 is 19.5 Å². The number of rotatable bonds is 8. The van der Waals surface area contributed by atoms with Crippen LogP contribution in [0.3, 0.4) is 0 Å². The molecule has 0 spiro atoms. The van der Waals surface area contributed by atoms with E-state index in [4.69, 9.17) is 14.2 Å². The number of halogens is 3. The standard InChI is InChI=1S/C18H19F3N2O6S/c1-27-11-6-10(7-12(28-2)15(11)29-3)8-13-16(25)23(17(26)30-13)5-4-22-14(24)9-18(19,20)21/h6-8H,4-5,9H2,1-3H3,(H,22,24). The van der Waals surface area contributed by atoms with E-state index in [1.807, 2.05) is 5.32 Å². The highest BCUT2D eigenvalue weighted by Crippen LogP contribution is 2.40. The first-order valence-electron chi connectivity index (χ1n) is 8.48. The number of carbonyl (C=O) groups excluding carboxylic acids is 3. The lowest BCUT2D eigenvalue weighted by Crippen LogP contribution is -2.38. The molecule has 1 N–H and O–H groups in total. The van der Waals surface area contributed by atoms with Crippen LogP contribution in [0.15, 0.2) is 17.0 Å². The molecular formula is C18H19F3N2O6S. The second-order valence-corrected chi connectivity index (χ2v) is 6.93. The van der Waals surface area contributed by atoms with Gasteiger partial charge in [0.25, 0.3) is 11.1 Å². The largest absolute Gasteiger partial charge is 0.493 e. The lowest BCUT2D eigenvalue weighted by molar-refractivity contribution is -0.153. The van der Waals surface area contributed by atoms with E-state index in [1.165, 1.54) is 27.4 Å². The summed E-state index contributed by atoms with van der Waals surface area (Å²) in [7, 11) is 4.31. The van der Waals surface area contributed by atoms with Crippen LogP contribution in [0.5, 0.6) is 17.2 Å². The maximum atomic E-state index is 12.5. The molecule has 12 heteroatoms. The topological polar surface area (TPSA) is 94.2 Å². The van der Waals surface area contributed by atoms with E-state index in [2.05, 4.69) is 0 Å². The molecular weight excluding hydrogens is 429 g/mol. The van der Waals surface area contributed by atoms with Crippen LogP contribution in [0.2, 0.25) is 0 Å². The molecule has 0 saturated carbocycles. The van der Waals surface area contributed by atoms with Gasteiger partial charge in [-0.15, -0.1) is 0 Å². The number of methoxy groups -OCH3 is 3. The normalized spacial score (nSPS) is 15.5. The van der Waals surface area contributed by atoms with Gasteiger partial charge >= 0.3 is 6.18 Å². The third-order valence-corrected chi connectivity index (χ3v) is 4.78. The molecule has 30 heavy (non-hydrogen) atoms. The summed E-state index contributed by atoms with van der Waals surface area (Å²) in [5, 5.41) is 1.44. The summed E-state index contributed by atoms with van der Waals surface area (Å²) in [6.45, 7) is -0.536. The highest BCUT2D eigenvalue weighted by Gasteiger charge is 2.35. The van der Waals surface area contributed by atoms with Crippen molar-refractivity contribution in [2.75, 3.05) is 34.4 Å². The van der Waals surface area contributed by atoms with Gasteiger partial charge in [0.1, 0.15) is 6.42 Å². The number of thioether (sulfide) groups is 1. The molecule has 8 nitrogen and oxygen atoms in total. The van der Waals surface area contributed by atoms with Gasteiger partial charge in [-0.25, -0.2) is 0 Å². The molecule has 0 unspecified atom stereocenters. The molecule has 0 aliphatic carbocycles. The van der Waals surface area contributed by atoms with Gasteiger partial charge in [0.2, 0.25) is 11.7 Å². The maximum absolute atomic E-state index is 12.5. The number of hydrogen-bond donors (Lipinski definition) is 1. The molecule has 0 atom stereocenters. The van der Waals surface area contributed by atoms with Crippen molar-refractivity contribution >= 4 is 34.9 Å². The smallest absolute Gasteiger partial charge is 0.397 e. The SMILES string of the molecule is COc1cc(C=C2SC(=O)N(CCNC(=O)CC(F)(F)F)C2=O)cc(OC)c1OC. The first-order valence-corrected chi connectivity index (χ1v) is 9.30. The maximum Gasteiger partial charge on any atom is 0.397 e. The van der Waals surface area contributed by atoms with Crippen molar-refractivity contribution in [2.24, 2.45) is 0 Å². The van der Waals surface area contributed by atoms with Crippen LogP contribution in [-0.4, -0.2) is 62.5 Å². The van der Waals surface area contributed by atoms with Gasteiger partial charge in [-0.2, -0.15) is 13.2 Å². The molecule has 0 radical (unpaired) electrons. The van der Waals surface area contributed by atoms with Gasteiger partial charge in [0, 0.05) is 13.1 Å². The van der Waals surface area contributed by atoms with Crippen LogP contribution in [0, 0.1) is 0 Å². The summed E-state index contributed by atoms with van der Waals surface area (Å²) in [4.78, 5) is 36.8. The number of nitrogens with one attached hydrogen (secondary N) is 1. The molecule has 1 aliphatic heterocycles. The van der Waals surface area contributed by atoms with Crippen molar-refractivity contribution in [2.45, 2.75) is 12.6 Å². The Morgan fingerprint density at radius 2 is 1.73 bits per heavy atom. The summed E-state index contributed by atoms with van der Waals surface area (Å²) in [6.07, 6.45) is -4.80. The lowest BCUT2D eigenvalue weighted by atomic mass is 10.1. The third kappa shape index (κ3) is 5.81. The van der Waals surface area contributed by atoms with Crippen LogP contribution in [0.25, 0.3) is 6.08 Å². The van der Waals surface area contributed by atoms with E-state index >= 15 is 0 Å². The Morgan fingerprint density at radius 1 is 1.13 bits per heavy atom. The summed E-state index contributed by atoms with van der Waals surface area (Å²) >= 11 is 0.675. The minimum absolute atomic E-state index is 0.107. The Morgan fingerprint density at radius 3 is 2.23 bits per heavy atom. The van der Waals surface area contributed by atoms with Gasteiger partial charge in [-0.1, -0.05) is 0 Å². The molecule has 164 valence electrons. The average Bonchev–Trinajstić information content (AvgIpc) is 2.93. The number of alkyl halides is 3. The molecule has 1 aromatic carbocycles. The number of nitrogens with zero attached hydrogens (tertiary/aromatic N) is 1. The van der Waals surface area contributed by atoms with Gasteiger partial charge in [0.15, 0.2) is 11.5 Å². The Labute approximate surface area is 174 Å². The number of ether oxygens (including phenoxy) is 3. The van der Waals surface area contributed by atoms with Crippen LogP contribution >= 0.6 is 11.8 Å². The fourth-order valence-electron chi connectivity index (χ4n) is 2.58. The minimum atomic E-state index is -4.63. The zero-order valence-electron chi connectivity index (χ0n) is 16.3. The number of benzene rings is 1. The van der Waals surface area contributed by atoms with Crippen LogP contribution in [0.4, 0.5) is 18.0 Å². The quantitative estimate of drug-likeness (QED) is 0.611. The van der Waals surface area contributed by atoms with E-state index in [1.54, 1.807) is 12.1 Å². The van der Waals surface area contributed by atoms with E-state index in [9.17, 15) is 27.6 Å². The number of imide groups is 1. The molecule has 1 aromatic rings.